The van der Waals surface area contributed by atoms with Crippen LogP contribution >= 0.6 is 11.6 Å². The molecule has 8 nitrogen and oxygen atoms in total. The van der Waals surface area contributed by atoms with Gasteiger partial charge < -0.3 is 9.84 Å². The van der Waals surface area contributed by atoms with E-state index in [4.69, 9.17) is 16.3 Å². The Morgan fingerprint density at radius 1 is 1.40 bits per heavy atom. The summed E-state index contributed by atoms with van der Waals surface area (Å²) in [5.74, 6) is -0.316. The molecule has 2 rings (SSSR count). The Bertz CT molecular complexity index is 825. The van der Waals surface area contributed by atoms with Crippen molar-refractivity contribution < 1.29 is 19.6 Å². The van der Waals surface area contributed by atoms with E-state index >= 15 is 0 Å². The molecule has 0 spiro atoms. The van der Waals surface area contributed by atoms with Crippen LogP contribution in [0.2, 0.25) is 5.02 Å². The number of halogens is 1. The maximum absolute atomic E-state index is 11.9. The number of hydrogen-bond donors (Lipinski definition) is 2. The Kier molecular flexibility index (Phi) is 5.91. The van der Waals surface area contributed by atoms with Crippen molar-refractivity contribution in [3.63, 3.8) is 0 Å². The Morgan fingerprint density at radius 2 is 2.16 bits per heavy atom. The number of non-ortho nitro benzene ring substituents is 1. The maximum Gasteiger partial charge on any atom is 0.280 e. The van der Waals surface area contributed by atoms with Gasteiger partial charge in [0.2, 0.25) is 0 Å². The van der Waals surface area contributed by atoms with Gasteiger partial charge in [-0.15, -0.1) is 0 Å². The summed E-state index contributed by atoms with van der Waals surface area (Å²) < 4.78 is 5.42. The normalized spacial score (nSPS) is 11.9. The van der Waals surface area contributed by atoms with Gasteiger partial charge in [0.15, 0.2) is 6.10 Å². The third-order valence-corrected chi connectivity index (χ3v) is 3.31. The summed E-state index contributed by atoms with van der Waals surface area (Å²) in [6.07, 6.45) is 0.251. The fourth-order valence-corrected chi connectivity index (χ4v) is 1.99. The molecule has 0 heterocycles. The van der Waals surface area contributed by atoms with Gasteiger partial charge in [-0.25, -0.2) is 5.43 Å². The number of hydrogen-bond acceptors (Lipinski definition) is 6. The first-order chi connectivity index (χ1) is 11.9. The molecule has 0 radical (unpaired) electrons. The standard InChI is InChI=1S/C16H14ClN3O5/c1-10(25-14-4-2-3-12(17)8-14)16(22)19-18-9-11-7-13(20(23)24)5-6-15(11)21/h2-10,21H,1H3,(H,19,22)/b18-9+/t10-/m0/s1. The van der Waals surface area contributed by atoms with E-state index in [9.17, 15) is 20.0 Å². The first-order valence-corrected chi connectivity index (χ1v) is 7.47. The Labute approximate surface area is 147 Å². The molecule has 0 aliphatic rings. The molecule has 0 bridgehead atoms. The Hall–Kier alpha value is -3.13. The number of nitrogens with zero attached hydrogens (tertiary/aromatic N) is 2. The number of phenols is 1. The summed E-state index contributed by atoms with van der Waals surface area (Å²) in [4.78, 5) is 22.0. The van der Waals surface area contributed by atoms with Crippen LogP contribution in [0.25, 0.3) is 0 Å². The first kappa shape index (κ1) is 18.2. The van der Waals surface area contributed by atoms with Crippen LogP contribution in [-0.2, 0) is 4.79 Å². The van der Waals surface area contributed by atoms with Gasteiger partial charge in [0.05, 0.1) is 11.1 Å². The summed E-state index contributed by atoms with van der Waals surface area (Å²) in [6, 6.07) is 10.0. The van der Waals surface area contributed by atoms with Crippen LogP contribution in [-0.4, -0.2) is 28.3 Å². The van der Waals surface area contributed by atoms with Crippen molar-refractivity contribution in [1.82, 2.24) is 5.43 Å². The van der Waals surface area contributed by atoms with Crippen LogP contribution in [0.1, 0.15) is 12.5 Å². The minimum absolute atomic E-state index is 0.0953. The monoisotopic (exact) mass is 363 g/mol. The van der Waals surface area contributed by atoms with Crippen LogP contribution < -0.4 is 10.2 Å². The van der Waals surface area contributed by atoms with Crippen molar-refractivity contribution in [2.75, 3.05) is 0 Å². The van der Waals surface area contributed by atoms with Gasteiger partial charge in [-0.05, 0) is 31.2 Å². The zero-order chi connectivity index (χ0) is 18.4. The lowest BCUT2D eigenvalue weighted by atomic mass is 10.2. The third-order valence-electron chi connectivity index (χ3n) is 3.08. The number of nitro benzene ring substituents is 1. The Balaban J connectivity index is 1.98. The van der Waals surface area contributed by atoms with Gasteiger partial charge in [0, 0.05) is 22.7 Å². The molecule has 2 aromatic carbocycles. The van der Waals surface area contributed by atoms with Crippen molar-refractivity contribution in [2.24, 2.45) is 5.10 Å². The molecule has 130 valence electrons. The van der Waals surface area contributed by atoms with Crippen LogP contribution in [0.5, 0.6) is 11.5 Å². The molecule has 1 atom stereocenters. The predicted octanol–water partition coefficient (Wildman–Crippen LogP) is 2.87. The summed E-state index contributed by atoms with van der Waals surface area (Å²) in [5.41, 5.74) is 2.12. The highest BCUT2D eigenvalue weighted by molar-refractivity contribution is 6.30. The molecule has 1 amide bonds. The molecule has 0 aliphatic heterocycles. The number of nitro groups is 1. The quantitative estimate of drug-likeness (QED) is 0.465. The lowest BCUT2D eigenvalue weighted by Crippen LogP contribution is -2.33. The number of amides is 1. The van der Waals surface area contributed by atoms with Crippen LogP contribution in [0, 0.1) is 10.1 Å². The lowest BCUT2D eigenvalue weighted by molar-refractivity contribution is -0.384. The number of carbonyl (C=O) groups excluding carboxylic acids is 1. The molecule has 0 fully saturated rings. The number of nitrogens with one attached hydrogen (secondary N) is 1. The number of phenolic OH excluding ortho intramolecular Hbond substituents is 1. The van der Waals surface area contributed by atoms with Crippen molar-refractivity contribution in [2.45, 2.75) is 13.0 Å². The number of aromatic hydroxyl groups is 1. The SMILES string of the molecule is C[C@H](Oc1cccc(Cl)c1)C(=O)N/N=C/c1cc([N+](=O)[O-])ccc1O. The molecule has 9 heteroatoms. The number of rotatable bonds is 6. The summed E-state index contributed by atoms with van der Waals surface area (Å²) in [7, 11) is 0. The van der Waals surface area contributed by atoms with Crippen LogP contribution in [0.3, 0.4) is 0 Å². The third kappa shape index (κ3) is 5.18. The van der Waals surface area contributed by atoms with Gasteiger partial charge in [-0.2, -0.15) is 5.10 Å². The van der Waals surface area contributed by atoms with Crippen molar-refractivity contribution in [3.05, 3.63) is 63.2 Å². The van der Waals surface area contributed by atoms with E-state index in [1.165, 1.54) is 13.0 Å². The van der Waals surface area contributed by atoms with E-state index in [-0.39, 0.29) is 17.0 Å². The average molecular weight is 364 g/mol. The van der Waals surface area contributed by atoms with Crippen molar-refractivity contribution in [1.29, 1.82) is 0 Å². The summed E-state index contributed by atoms with van der Waals surface area (Å²) >= 11 is 5.83. The fourth-order valence-electron chi connectivity index (χ4n) is 1.81. The second kappa shape index (κ2) is 8.11. The molecule has 0 unspecified atom stereocenters. The molecule has 2 aromatic rings. The van der Waals surface area contributed by atoms with Gasteiger partial charge >= 0.3 is 0 Å². The number of ether oxygens (including phenoxy) is 1. The highest BCUT2D eigenvalue weighted by atomic mass is 35.5. The van der Waals surface area contributed by atoms with Crippen molar-refractivity contribution in [3.8, 4) is 11.5 Å². The predicted molar refractivity (Wildman–Crippen MR) is 92.0 cm³/mol. The zero-order valence-corrected chi connectivity index (χ0v) is 13.8. The van der Waals surface area contributed by atoms with E-state index in [0.717, 1.165) is 18.3 Å². The number of carbonyl (C=O) groups is 1. The summed E-state index contributed by atoms with van der Waals surface area (Å²) in [5, 5.41) is 24.5. The topological polar surface area (TPSA) is 114 Å². The highest BCUT2D eigenvalue weighted by Gasteiger charge is 2.14. The highest BCUT2D eigenvalue weighted by Crippen LogP contribution is 2.21. The second-order valence-corrected chi connectivity index (χ2v) is 5.39. The average Bonchev–Trinajstić information content (AvgIpc) is 2.56. The van der Waals surface area contributed by atoms with Gasteiger partial charge in [-0.1, -0.05) is 17.7 Å². The molecular weight excluding hydrogens is 350 g/mol. The zero-order valence-electron chi connectivity index (χ0n) is 13.0. The van der Waals surface area contributed by atoms with E-state index in [2.05, 4.69) is 10.5 Å². The van der Waals surface area contributed by atoms with Gasteiger partial charge in [0.25, 0.3) is 11.6 Å². The molecule has 25 heavy (non-hydrogen) atoms. The largest absolute Gasteiger partial charge is 0.507 e. The second-order valence-electron chi connectivity index (χ2n) is 4.95. The van der Waals surface area contributed by atoms with Gasteiger partial charge in [0.1, 0.15) is 11.5 Å². The van der Waals surface area contributed by atoms with E-state index < -0.39 is 16.9 Å². The van der Waals surface area contributed by atoms with E-state index in [1.54, 1.807) is 24.3 Å². The summed E-state index contributed by atoms with van der Waals surface area (Å²) in [6.45, 7) is 1.52. The maximum atomic E-state index is 11.9. The van der Waals surface area contributed by atoms with Crippen molar-refractivity contribution >= 4 is 29.4 Å². The first-order valence-electron chi connectivity index (χ1n) is 7.09. The number of benzene rings is 2. The van der Waals surface area contributed by atoms with Crippen LogP contribution in [0.4, 0.5) is 5.69 Å². The van der Waals surface area contributed by atoms with E-state index in [1.807, 2.05) is 0 Å². The smallest absolute Gasteiger partial charge is 0.280 e. The molecule has 0 aliphatic carbocycles. The Morgan fingerprint density at radius 3 is 2.84 bits per heavy atom. The molecule has 2 N–H and O–H groups in total. The molecule has 0 saturated heterocycles. The van der Waals surface area contributed by atoms with Crippen LogP contribution in [0.15, 0.2) is 47.6 Å². The molecule has 0 saturated carbocycles. The number of hydrazone groups is 1. The minimum Gasteiger partial charge on any atom is -0.507 e. The minimum atomic E-state index is -0.852. The fraction of sp³-hybridized carbons (Fsp3) is 0.125. The van der Waals surface area contributed by atoms with Gasteiger partial charge in [-0.3, -0.25) is 14.9 Å². The molecular formula is C16H14ClN3O5. The lowest BCUT2D eigenvalue weighted by Gasteiger charge is -2.12. The van der Waals surface area contributed by atoms with E-state index in [0.29, 0.717) is 10.8 Å². The molecule has 0 aromatic heterocycles.